The molecule has 1 aromatic heterocycles. The first-order valence-electron chi connectivity index (χ1n) is 4.80. The Bertz CT molecular complexity index is 382. The summed E-state index contributed by atoms with van der Waals surface area (Å²) in [5.74, 6) is 0. The normalized spacial score (nSPS) is 18.7. The van der Waals surface area contributed by atoms with Crippen LogP contribution in [0.2, 0.25) is 0 Å². The lowest BCUT2D eigenvalue weighted by atomic mass is 9.91. The van der Waals surface area contributed by atoms with Crippen LogP contribution in [0.5, 0.6) is 0 Å². The Labute approximate surface area is 110 Å². The topological polar surface area (TPSA) is 38.9 Å². The molecule has 2 N–H and O–H groups in total. The highest BCUT2D eigenvalue weighted by atomic mass is 35.5. The number of fused-ring (bicyclic) bond motifs is 1. The molecule has 1 aliphatic rings. The molecule has 0 fully saturated rings. The second-order valence-corrected chi connectivity index (χ2v) is 3.76. The minimum atomic E-state index is -4.32. The van der Waals surface area contributed by atoms with E-state index in [1.54, 1.807) is 0 Å². The first-order valence-corrected chi connectivity index (χ1v) is 4.80. The van der Waals surface area contributed by atoms with Gasteiger partial charge in [0.15, 0.2) is 0 Å². The first-order chi connectivity index (χ1) is 6.98. The number of alkyl halides is 3. The molecule has 98 valence electrons. The largest absolute Gasteiger partial charge is 0.417 e. The van der Waals surface area contributed by atoms with Gasteiger partial charge in [-0.2, -0.15) is 13.2 Å². The molecule has 0 radical (unpaired) electrons. The number of nitrogens with two attached hydrogens (primary N) is 1. The van der Waals surface area contributed by atoms with Crippen molar-refractivity contribution in [2.24, 2.45) is 5.73 Å². The van der Waals surface area contributed by atoms with Gasteiger partial charge in [0.05, 0.1) is 11.3 Å². The summed E-state index contributed by atoms with van der Waals surface area (Å²) >= 11 is 0. The molecular weight excluding hydrogens is 276 g/mol. The number of pyridine rings is 1. The van der Waals surface area contributed by atoms with Gasteiger partial charge < -0.3 is 5.73 Å². The van der Waals surface area contributed by atoms with E-state index in [-0.39, 0.29) is 30.9 Å². The van der Waals surface area contributed by atoms with Gasteiger partial charge >= 0.3 is 6.18 Å². The van der Waals surface area contributed by atoms with Crippen molar-refractivity contribution >= 4 is 24.8 Å². The van der Waals surface area contributed by atoms with Gasteiger partial charge in [-0.3, -0.25) is 4.98 Å². The zero-order chi connectivity index (χ0) is 11.1. The van der Waals surface area contributed by atoms with Crippen LogP contribution < -0.4 is 5.73 Å². The molecule has 0 aliphatic heterocycles. The maximum atomic E-state index is 12.4. The third kappa shape index (κ3) is 3.47. The summed E-state index contributed by atoms with van der Waals surface area (Å²) in [6.45, 7) is 0. The lowest BCUT2D eigenvalue weighted by Gasteiger charge is -2.21. The number of halogens is 5. The molecule has 7 heteroatoms. The monoisotopic (exact) mass is 288 g/mol. The molecule has 0 aromatic carbocycles. The van der Waals surface area contributed by atoms with E-state index in [9.17, 15) is 13.2 Å². The van der Waals surface area contributed by atoms with Crippen LogP contribution in [0.1, 0.15) is 35.7 Å². The Morgan fingerprint density at radius 3 is 2.53 bits per heavy atom. The van der Waals surface area contributed by atoms with Crippen LogP contribution in [0.4, 0.5) is 13.2 Å². The maximum Gasteiger partial charge on any atom is 0.417 e. The SMILES string of the molecule is Cl.Cl.NC1CCCc2cc(C(F)(F)F)cnc21. The Morgan fingerprint density at radius 2 is 1.94 bits per heavy atom. The number of hydrogen-bond donors (Lipinski definition) is 1. The van der Waals surface area contributed by atoms with E-state index >= 15 is 0 Å². The fraction of sp³-hybridized carbons (Fsp3) is 0.500. The summed E-state index contributed by atoms with van der Waals surface area (Å²) in [5.41, 5.74) is 6.34. The van der Waals surface area contributed by atoms with Crippen LogP contribution in [-0.4, -0.2) is 4.98 Å². The molecule has 0 spiro atoms. The number of aromatic nitrogens is 1. The van der Waals surface area contributed by atoms with E-state index in [4.69, 9.17) is 5.73 Å². The van der Waals surface area contributed by atoms with Gasteiger partial charge in [-0.15, -0.1) is 24.8 Å². The minimum Gasteiger partial charge on any atom is -0.323 e. The van der Waals surface area contributed by atoms with Gasteiger partial charge in [0.2, 0.25) is 0 Å². The van der Waals surface area contributed by atoms with Crippen LogP contribution in [0.15, 0.2) is 12.3 Å². The molecule has 1 heterocycles. The molecular formula is C10H13Cl2F3N2. The Hall–Kier alpha value is -0.520. The lowest BCUT2D eigenvalue weighted by molar-refractivity contribution is -0.137. The van der Waals surface area contributed by atoms with Crippen molar-refractivity contribution in [2.75, 3.05) is 0 Å². The van der Waals surface area contributed by atoms with Crippen molar-refractivity contribution in [3.05, 3.63) is 29.1 Å². The van der Waals surface area contributed by atoms with Gasteiger partial charge in [-0.25, -0.2) is 0 Å². The summed E-state index contributed by atoms with van der Waals surface area (Å²) in [7, 11) is 0. The minimum absolute atomic E-state index is 0. The first kappa shape index (κ1) is 16.5. The number of rotatable bonds is 0. The molecule has 0 bridgehead atoms. The number of hydrogen-bond acceptors (Lipinski definition) is 2. The third-order valence-corrected chi connectivity index (χ3v) is 2.64. The number of nitrogens with zero attached hydrogens (tertiary/aromatic N) is 1. The summed E-state index contributed by atoms with van der Waals surface area (Å²) in [4.78, 5) is 3.82. The van der Waals surface area contributed by atoms with E-state index in [0.717, 1.165) is 19.0 Å². The molecule has 1 aromatic rings. The summed E-state index contributed by atoms with van der Waals surface area (Å²) in [6.07, 6.45) is -1.18. The van der Waals surface area contributed by atoms with Crippen molar-refractivity contribution < 1.29 is 13.2 Å². The molecule has 0 saturated carbocycles. The van der Waals surface area contributed by atoms with Gasteiger partial charge in [-0.1, -0.05) is 0 Å². The van der Waals surface area contributed by atoms with E-state index in [0.29, 0.717) is 17.7 Å². The van der Waals surface area contributed by atoms with Crippen molar-refractivity contribution in [2.45, 2.75) is 31.5 Å². The quantitative estimate of drug-likeness (QED) is 0.796. The van der Waals surface area contributed by atoms with Crippen LogP contribution in [0.25, 0.3) is 0 Å². The van der Waals surface area contributed by atoms with E-state index < -0.39 is 11.7 Å². The number of aryl methyl sites for hydroxylation is 1. The molecule has 2 rings (SSSR count). The Balaban J connectivity index is 0.00000128. The highest BCUT2D eigenvalue weighted by Crippen LogP contribution is 2.33. The van der Waals surface area contributed by atoms with Crippen molar-refractivity contribution in [3.63, 3.8) is 0 Å². The van der Waals surface area contributed by atoms with Crippen LogP contribution >= 0.6 is 24.8 Å². The summed E-state index contributed by atoms with van der Waals surface area (Å²) < 4.78 is 37.2. The molecule has 1 atom stereocenters. The molecule has 2 nitrogen and oxygen atoms in total. The predicted molar refractivity (Wildman–Crippen MR) is 63.6 cm³/mol. The predicted octanol–water partition coefficient (Wildman–Crippen LogP) is 3.28. The highest BCUT2D eigenvalue weighted by Gasteiger charge is 2.32. The second kappa shape index (κ2) is 5.89. The van der Waals surface area contributed by atoms with Crippen molar-refractivity contribution in [3.8, 4) is 0 Å². The average molecular weight is 289 g/mol. The zero-order valence-corrected chi connectivity index (χ0v) is 10.5. The zero-order valence-electron chi connectivity index (χ0n) is 8.83. The van der Waals surface area contributed by atoms with E-state index in [1.165, 1.54) is 6.07 Å². The molecule has 0 amide bonds. The average Bonchev–Trinajstić information content (AvgIpc) is 2.16. The molecule has 0 saturated heterocycles. The van der Waals surface area contributed by atoms with E-state index in [2.05, 4.69) is 4.98 Å². The maximum absolute atomic E-state index is 12.4. The van der Waals surface area contributed by atoms with Crippen LogP contribution in [0, 0.1) is 0 Å². The smallest absolute Gasteiger partial charge is 0.323 e. The standard InChI is InChI=1S/C10H11F3N2.2ClH/c11-10(12,13)7-4-6-2-1-3-8(14)9(6)15-5-7;;/h4-5,8H,1-3,14H2;2*1H. The van der Waals surface area contributed by atoms with Gasteiger partial charge in [0, 0.05) is 12.2 Å². The van der Waals surface area contributed by atoms with Gasteiger partial charge in [0.1, 0.15) is 0 Å². The molecule has 1 aliphatic carbocycles. The third-order valence-electron chi connectivity index (χ3n) is 2.64. The fourth-order valence-electron chi connectivity index (χ4n) is 1.86. The Morgan fingerprint density at radius 1 is 1.29 bits per heavy atom. The van der Waals surface area contributed by atoms with E-state index in [1.807, 2.05) is 0 Å². The fourth-order valence-corrected chi connectivity index (χ4v) is 1.86. The van der Waals surface area contributed by atoms with Crippen molar-refractivity contribution in [1.29, 1.82) is 0 Å². The summed E-state index contributed by atoms with van der Waals surface area (Å²) in [5, 5.41) is 0. The highest BCUT2D eigenvalue weighted by molar-refractivity contribution is 5.85. The van der Waals surface area contributed by atoms with Crippen molar-refractivity contribution in [1.82, 2.24) is 4.98 Å². The van der Waals surface area contributed by atoms with Crippen LogP contribution in [0.3, 0.4) is 0 Å². The van der Waals surface area contributed by atoms with Crippen LogP contribution in [-0.2, 0) is 12.6 Å². The summed E-state index contributed by atoms with van der Waals surface area (Å²) in [6, 6.07) is 0.956. The van der Waals surface area contributed by atoms with Gasteiger partial charge in [0.25, 0.3) is 0 Å². The second-order valence-electron chi connectivity index (χ2n) is 3.76. The molecule has 1 unspecified atom stereocenters. The van der Waals surface area contributed by atoms with Gasteiger partial charge in [-0.05, 0) is 30.9 Å². The Kier molecular flexibility index (Phi) is 5.71. The molecule has 17 heavy (non-hydrogen) atoms. The lowest BCUT2D eigenvalue weighted by Crippen LogP contribution is -2.20.